The molecule has 28 heavy (non-hydrogen) atoms. The number of ether oxygens (including phenoxy) is 3. The van der Waals surface area contributed by atoms with Gasteiger partial charge in [-0.2, -0.15) is 0 Å². The molecule has 0 amide bonds. The van der Waals surface area contributed by atoms with Crippen molar-refractivity contribution in [2.45, 2.75) is 0 Å². The van der Waals surface area contributed by atoms with Gasteiger partial charge in [0.05, 0.1) is 25.7 Å². The third-order valence-electron chi connectivity index (χ3n) is 4.89. The first-order valence-corrected chi connectivity index (χ1v) is 9.39. The van der Waals surface area contributed by atoms with E-state index in [1.54, 1.807) is 13.2 Å². The zero-order valence-corrected chi connectivity index (χ0v) is 15.8. The van der Waals surface area contributed by atoms with Gasteiger partial charge in [0.15, 0.2) is 0 Å². The molecule has 0 unspecified atom stereocenters. The molecule has 1 aliphatic rings. The van der Waals surface area contributed by atoms with Gasteiger partial charge in [0, 0.05) is 25.7 Å². The molecule has 1 aromatic heterocycles. The van der Waals surface area contributed by atoms with Crippen molar-refractivity contribution in [3.8, 4) is 22.6 Å². The van der Waals surface area contributed by atoms with Gasteiger partial charge in [-0.3, -0.25) is 4.90 Å². The number of benzene rings is 2. The summed E-state index contributed by atoms with van der Waals surface area (Å²) < 4.78 is 22.4. The van der Waals surface area contributed by atoms with Crippen LogP contribution in [0.4, 0.5) is 0 Å². The van der Waals surface area contributed by atoms with E-state index >= 15 is 0 Å². The number of rotatable bonds is 6. The predicted octanol–water partition coefficient (Wildman–Crippen LogP) is 3.18. The third-order valence-corrected chi connectivity index (χ3v) is 4.89. The van der Waals surface area contributed by atoms with Crippen molar-refractivity contribution in [2.24, 2.45) is 0 Å². The topological polar surface area (TPSA) is 61.1 Å². The minimum atomic E-state index is -0.423. The van der Waals surface area contributed by atoms with Crippen LogP contribution in [0.1, 0.15) is 0 Å². The molecule has 1 fully saturated rings. The van der Waals surface area contributed by atoms with Crippen molar-refractivity contribution in [1.29, 1.82) is 0 Å². The highest BCUT2D eigenvalue weighted by Gasteiger charge is 2.19. The average molecular weight is 381 g/mol. The van der Waals surface area contributed by atoms with Crippen LogP contribution < -0.4 is 15.1 Å². The van der Waals surface area contributed by atoms with Crippen LogP contribution in [0, 0.1) is 0 Å². The van der Waals surface area contributed by atoms with Crippen molar-refractivity contribution in [1.82, 2.24) is 4.90 Å². The second kappa shape index (κ2) is 8.46. The van der Waals surface area contributed by atoms with Gasteiger partial charge in [-0.1, -0.05) is 30.3 Å². The van der Waals surface area contributed by atoms with Crippen LogP contribution >= 0.6 is 0 Å². The molecule has 0 N–H and O–H groups in total. The number of hydrogen-bond donors (Lipinski definition) is 0. The highest BCUT2D eigenvalue weighted by Crippen LogP contribution is 2.35. The maximum Gasteiger partial charge on any atom is 0.347 e. The molecule has 3 aromatic rings. The van der Waals surface area contributed by atoms with Crippen LogP contribution in [-0.4, -0.2) is 51.5 Å². The molecule has 146 valence electrons. The third kappa shape index (κ3) is 3.88. The lowest BCUT2D eigenvalue weighted by molar-refractivity contribution is 0.0323. The van der Waals surface area contributed by atoms with Crippen molar-refractivity contribution < 1.29 is 18.6 Å². The van der Waals surface area contributed by atoms with Crippen LogP contribution in [0.15, 0.2) is 57.7 Å². The molecule has 1 saturated heterocycles. The van der Waals surface area contributed by atoms with Crippen LogP contribution in [0.3, 0.4) is 0 Å². The van der Waals surface area contributed by atoms with E-state index in [9.17, 15) is 4.79 Å². The maximum absolute atomic E-state index is 12.8. The van der Waals surface area contributed by atoms with E-state index < -0.39 is 5.63 Å². The molecule has 0 atom stereocenters. The van der Waals surface area contributed by atoms with Crippen LogP contribution in [0.5, 0.6) is 11.5 Å². The lowest BCUT2D eigenvalue weighted by Crippen LogP contribution is -2.38. The van der Waals surface area contributed by atoms with E-state index in [1.165, 1.54) is 0 Å². The fraction of sp³-hybridized carbons (Fsp3) is 0.318. The Labute approximate surface area is 163 Å². The number of fused-ring (bicyclic) bond motifs is 1. The van der Waals surface area contributed by atoms with Gasteiger partial charge in [-0.05, 0) is 17.7 Å². The van der Waals surface area contributed by atoms with Gasteiger partial charge < -0.3 is 18.6 Å². The molecule has 1 aliphatic heterocycles. The molecule has 2 aromatic carbocycles. The van der Waals surface area contributed by atoms with Gasteiger partial charge in [0.25, 0.3) is 0 Å². The monoisotopic (exact) mass is 381 g/mol. The molecular formula is C22H23NO5. The number of morpholine rings is 1. The van der Waals surface area contributed by atoms with Crippen molar-refractivity contribution in [3.63, 3.8) is 0 Å². The summed E-state index contributed by atoms with van der Waals surface area (Å²) in [5.74, 6) is 1.18. The normalized spacial score (nSPS) is 14.9. The first-order valence-electron chi connectivity index (χ1n) is 9.39. The first-order chi connectivity index (χ1) is 13.8. The molecule has 0 aliphatic carbocycles. The van der Waals surface area contributed by atoms with Crippen molar-refractivity contribution >= 4 is 11.0 Å². The van der Waals surface area contributed by atoms with Gasteiger partial charge in [0.1, 0.15) is 29.3 Å². The number of nitrogens with zero attached hydrogens (tertiary/aromatic N) is 1. The van der Waals surface area contributed by atoms with E-state index in [-0.39, 0.29) is 0 Å². The molecule has 0 saturated carbocycles. The molecule has 2 heterocycles. The van der Waals surface area contributed by atoms with Gasteiger partial charge in [0.2, 0.25) is 0 Å². The summed E-state index contributed by atoms with van der Waals surface area (Å²) >= 11 is 0. The van der Waals surface area contributed by atoms with Gasteiger partial charge in [-0.25, -0.2) is 4.79 Å². The predicted molar refractivity (Wildman–Crippen MR) is 107 cm³/mol. The molecule has 0 bridgehead atoms. The SMILES string of the molecule is COc1ccc2c(OCCN3CCOCC3)c(-c3ccccc3)c(=O)oc2c1. The highest BCUT2D eigenvalue weighted by atomic mass is 16.5. The van der Waals surface area contributed by atoms with E-state index in [0.717, 1.165) is 43.8 Å². The quantitative estimate of drug-likeness (QED) is 0.611. The van der Waals surface area contributed by atoms with Crippen LogP contribution in [0.2, 0.25) is 0 Å². The van der Waals surface area contributed by atoms with Gasteiger partial charge >= 0.3 is 5.63 Å². The Kier molecular flexibility index (Phi) is 5.60. The molecular weight excluding hydrogens is 358 g/mol. The maximum atomic E-state index is 12.8. The summed E-state index contributed by atoms with van der Waals surface area (Å²) in [6.07, 6.45) is 0. The summed E-state index contributed by atoms with van der Waals surface area (Å²) in [5, 5.41) is 0.751. The Bertz CT molecular complexity index is 993. The Morgan fingerprint density at radius 1 is 1.07 bits per heavy atom. The molecule has 6 heteroatoms. The molecule has 4 rings (SSSR count). The standard InChI is InChI=1S/C22H23NO5/c1-25-17-7-8-18-19(15-17)28-22(24)20(16-5-3-2-4-6-16)21(18)27-14-11-23-9-12-26-13-10-23/h2-8,15H,9-14H2,1H3. The number of methoxy groups -OCH3 is 1. The smallest absolute Gasteiger partial charge is 0.347 e. The van der Waals surface area contributed by atoms with Crippen molar-refractivity contribution in [3.05, 3.63) is 59.0 Å². The zero-order valence-electron chi connectivity index (χ0n) is 15.8. The van der Waals surface area contributed by atoms with Gasteiger partial charge in [-0.15, -0.1) is 0 Å². The van der Waals surface area contributed by atoms with E-state index in [1.807, 2.05) is 42.5 Å². The zero-order chi connectivity index (χ0) is 19.3. The molecule has 0 radical (unpaired) electrons. The molecule has 0 spiro atoms. The van der Waals surface area contributed by atoms with Crippen molar-refractivity contribution in [2.75, 3.05) is 46.6 Å². The van der Waals surface area contributed by atoms with E-state index in [4.69, 9.17) is 18.6 Å². The summed E-state index contributed by atoms with van der Waals surface area (Å²) in [7, 11) is 1.58. The van der Waals surface area contributed by atoms with E-state index in [0.29, 0.717) is 29.3 Å². The lowest BCUT2D eigenvalue weighted by atomic mass is 10.0. The Morgan fingerprint density at radius 3 is 2.61 bits per heavy atom. The summed E-state index contributed by atoms with van der Waals surface area (Å²) in [5.41, 5.74) is 1.24. The Hall–Kier alpha value is -2.83. The summed E-state index contributed by atoms with van der Waals surface area (Å²) in [4.78, 5) is 15.1. The minimum absolute atomic E-state index is 0.423. The largest absolute Gasteiger partial charge is 0.497 e. The van der Waals surface area contributed by atoms with E-state index in [2.05, 4.69) is 4.90 Å². The van der Waals surface area contributed by atoms with Crippen LogP contribution in [-0.2, 0) is 4.74 Å². The number of hydrogen-bond acceptors (Lipinski definition) is 6. The second-order valence-electron chi connectivity index (χ2n) is 6.62. The second-order valence-corrected chi connectivity index (χ2v) is 6.62. The summed E-state index contributed by atoms with van der Waals surface area (Å²) in [6.45, 7) is 4.52. The fourth-order valence-electron chi connectivity index (χ4n) is 3.39. The minimum Gasteiger partial charge on any atom is -0.497 e. The van der Waals surface area contributed by atoms with Crippen LogP contribution in [0.25, 0.3) is 22.1 Å². The Morgan fingerprint density at radius 2 is 1.86 bits per heavy atom. The lowest BCUT2D eigenvalue weighted by Gasteiger charge is -2.26. The Balaban J connectivity index is 1.72. The molecule has 6 nitrogen and oxygen atoms in total. The highest BCUT2D eigenvalue weighted by molar-refractivity contribution is 5.91. The fourth-order valence-corrected chi connectivity index (χ4v) is 3.39. The summed E-state index contributed by atoms with van der Waals surface area (Å²) in [6, 6.07) is 14.9. The average Bonchev–Trinajstić information content (AvgIpc) is 2.74. The first kappa shape index (κ1) is 18.5.